The van der Waals surface area contributed by atoms with Crippen LogP contribution in [0.3, 0.4) is 0 Å². The zero-order valence-corrected chi connectivity index (χ0v) is 23.9. The first-order chi connectivity index (χ1) is 15.0. The maximum absolute atomic E-state index is 10.3. The van der Waals surface area contributed by atoms with E-state index in [2.05, 4.69) is 43.8 Å². The fourth-order valence-electron chi connectivity index (χ4n) is 5.80. The third-order valence-electron chi connectivity index (χ3n) is 7.66. The number of benzene rings is 1. The molecule has 1 aliphatic carbocycles. The molecule has 10 heteroatoms. The molecule has 0 amide bonds. The molecule has 3 aliphatic heterocycles. The summed E-state index contributed by atoms with van der Waals surface area (Å²) in [6, 6.07) is 2.05. The van der Waals surface area contributed by atoms with Crippen molar-refractivity contribution in [3.8, 4) is 11.5 Å². The Morgan fingerprint density at radius 1 is 1.12 bits per heavy atom. The van der Waals surface area contributed by atoms with Gasteiger partial charge in [0.2, 0.25) is 0 Å². The van der Waals surface area contributed by atoms with Crippen LogP contribution in [0.25, 0.3) is 0 Å². The lowest BCUT2D eigenvalue weighted by Crippen LogP contribution is -2.45. The summed E-state index contributed by atoms with van der Waals surface area (Å²) in [4.78, 5) is 7.62. The van der Waals surface area contributed by atoms with Gasteiger partial charge in [-0.3, -0.25) is 4.90 Å². The van der Waals surface area contributed by atoms with Crippen molar-refractivity contribution in [1.82, 2.24) is 14.7 Å². The quantitative estimate of drug-likeness (QED) is 0.517. The Morgan fingerprint density at radius 3 is 2.53 bits per heavy atom. The maximum Gasteiger partial charge on any atom is 0.166 e. The molecule has 1 spiro atoms. The van der Waals surface area contributed by atoms with E-state index < -0.39 is 6.10 Å². The van der Waals surface area contributed by atoms with Crippen LogP contribution in [-0.2, 0) is 12.0 Å². The molecule has 0 unspecified atom stereocenters. The number of hydrogen-bond donors (Lipinski definition) is 1. The van der Waals surface area contributed by atoms with Crippen molar-refractivity contribution in [3.05, 3.63) is 33.8 Å². The molecule has 3 atom stereocenters. The average Bonchev–Trinajstić information content (AvgIpc) is 2.99. The molecular formula is C24H37BrCl3N3O3. The lowest BCUT2D eigenvalue weighted by molar-refractivity contribution is 0.0805. The van der Waals surface area contributed by atoms with Gasteiger partial charge in [0, 0.05) is 49.2 Å². The number of methoxy groups -OCH3 is 1. The predicted molar refractivity (Wildman–Crippen MR) is 147 cm³/mol. The van der Waals surface area contributed by atoms with Crippen LogP contribution in [-0.4, -0.2) is 92.0 Å². The molecule has 34 heavy (non-hydrogen) atoms. The lowest BCUT2D eigenvalue weighted by Gasteiger charge is -2.36. The highest BCUT2D eigenvalue weighted by atomic mass is 79.9. The van der Waals surface area contributed by atoms with Crippen LogP contribution < -0.4 is 9.47 Å². The number of likely N-dealkylation sites (N-methyl/N-ethyl adjacent to an activating group) is 1. The third kappa shape index (κ3) is 5.52. The third-order valence-corrected chi connectivity index (χ3v) is 8.37. The molecule has 4 aliphatic rings. The number of ether oxygens (including phenoxy) is 2. The molecule has 1 aromatic carbocycles. The molecule has 1 N–H and O–H groups in total. The normalized spacial score (nSPS) is 28.4. The van der Waals surface area contributed by atoms with E-state index in [-0.39, 0.29) is 48.7 Å². The first-order valence-corrected chi connectivity index (χ1v) is 12.4. The Kier molecular flexibility index (Phi) is 10.9. The second-order valence-corrected chi connectivity index (χ2v) is 10.4. The van der Waals surface area contributed by atoms with E-state index in [9.17, 15) is 5.11 Å². The minimum absolute atomic E-state index is 0. The number of piperazine rings is 1. The SMILES string of the molecule is COc1cc(Br)c2c3c1O[C@@H]1C[C@H](O)C=C[C@]31CCN(CCCN1CCN(C)CC1)C2.Cl.Cl.Cl. The molecule has 0 radical (unpaired) electrons. The standard InChI is InChI=1S/C24H34BrN3O3.3ClH/c1-26-10-12-27(13-11-26)7-3-8-28-9-6-24-5-4-17(29)14-21(24)31-23-20(30-2)15-19(25)18(16-28)22(23)24;;;/h4-5,15,17,21,29H,3,6-14,16H2,1-2H3;3*1H/t17-,21-,24-;;;/m1.../s1. The minimum atomic E-state index is -0.439. The van der Waals surface area contributed by atoms with Gasteiger partial charge in [-0.25, -0.2) is 0 Å². The number of rotatable bonds is 5. The van der Waals surface area contributed by atoms with Gasteiger partial charge in [0.25, 0.3) is 0 Å². The van der Waals surface area contributed by atoms with Gasteiger partial charge in [0.1, 0.15) is 6.10 Å². The minimum Gasteiger partial charge on any atom is -0.493 e. The van der Waals surface area contributed by atoms with Crippen LogP contribution >= 0.6 is 53.2 Å². The Labute approximate surface area is 230 Å². The van der Waals surface area contributed by atoms with E-state index in [1.807, 2.05) is 12.1 Å². The molecule has 6 nitrogen and oxygen atoms in total. The van der Waals surface area contributed by atoms with Crippen molar-refractivity contribution in [2.24, 2.45) is 0 Å². The summed E-state index contributed by atoms with van der Waals surface area (Å²) in [5, 5.41) is 10.3. The Balaban J connectivity index is 0.00000136. The van der Waals surface area contributed by atoms with Gasteiger partial charge in [0.05, 0.1) is 18.6 Å². The lowest BCUT2D eigenvalue weighted by atomic mass is 9.69. The number of aliphatic hydroxyl groups excluding tert-OH is 1. The second-order valence-electron chi connectivity index (χ2n) is 9.58. The largest absolute Gasteiger partial charge is 0.493 e. The maximum atomic E-state index is 10.3. The molecule has 1 aromatic rings. The smallest absolute Gasteiger partial charge is 0.166 e. The van der Waals surface area contributed by atoms with Gasteiger partial charge in [-0.05, 0) is 51.2 Å². The van der Waals surface area contributed by atoms with Gasteiger partial charge in [-0.15, -0.1) is 37.2 Å². The van der Waals surface area contributed by atoms with E-state index in [1.54, 1.807) is 7.11 Å². The zero-order chi connectivity index (χ0) is 21.6. The Morgan fingerprint density at radius 2 is 1.82 bits per heavy atom. The fraction of sp³-hybridized carbons (Fsp3) is 0.667. The highest BCUT2D eigenvalue weighted by Gasteiger charge is 2.53. The molecule has 5 rings (SSSR count). The average molecular weight is 602 g/mol. The molecule has 3 heterocycles. The van der Waals surface area contributed by atoms with E-state index in [1.165, 1.54) is 50.3 Å². The van der Waals surface area contributed by atoms with Crippen molar-refractivity contribution in [2.75, 3.05) is 60.0 Å². The first kappa shape index (κ1) is 30.0. The van der Waals surface area contributed by atoms with E-state index >= 15 is 0 Å². The highest BCUT2D eigenvalue weighted by Crippen LogP contribution is 2.57. The monoisotopic (exact) mass is 599 g/mol. The Hall–Kier alpha value is -0.250. The van der Waals surface area contributed by atoms with Crippen molar-refractivity contribution in [2.45, 2.75) is 43.4 Å². The van der Waals surface area contributed by atoms with Crippen LogP contribution in [0.4, 0.5) is 0 Å². The van der Waals surface area contributed by atoms with Crippen LogP contribution in [0.1, 0.15) is 30.4 Å². The fourth-order valence-corrected chi connectivity index (χ4v) is 6.33. The number of nitrogens with zero attached hydrogens (tertiary/aromatic N) is 3. The number of halogens is 4. The number of aliphatic hydroxyl groups is 1. The van der Waals surface area contributed by atoms with Crippen LogP contribution in [0.2, 0.25) is 0 Å². The van der Waals surface area contributed by atoms with Crippen molar-refractivity contribution < 1.29 is 14.6 Å². The van der Waals surface area contributed by atoms with Crippen molar-refractivity contribution in [3.63, 3.8) is 0 Å². The molecular weight excluding hydrogens is 565 g/mol. The Bertz CT molecular complexity index is 870. The van der Waals surface area contributed by atoms with Gasteiger partial charge in [-0.2, -0.15) is 0 Å². The van der Waals surface area contributed by atoms with Crippen molar-refractivity contribution >= 4 is 53.2 Å². The molecule has 0 bridgehead atoms. The van der Waals surface area contributed by atoms with E-state index in [4.69, 9.17) is 9.47 Å². The molecule has 0 aromatic heterocycles. The van der Waals surface area contributed by atoms with E-state index in [0.29, 0.717) is 6.42 Å². The summed E-state index contributed by atoms with van der Waals surface area (Å²) in [5.41, 5.74) is 2.41. The van der Waals surface area contributed by atoms with Crippen molar-refractivity contribution in [1.29, 1.82) is 0 Å². The summed E-state index contributed by atoms with van der Waals surface area (Å²) in [5.74, 6) is 1.66. The molecule has 0 saturated carbocycles. The van der Waals surface area contributed by atoms with Gasteiger partial charge in [0.15, 0.2) is 11.5 Å². The van der Waals surface area contributed by atoms with Crippen LogP contribution in [0, 0.1) is 0 Å². The van der Waals surface area contributed by atoms with Crippen LogP contribution in [0.15, 0.2) is 22.7 Å². The summed E-state index contributed by atoms with van der Waals surface area (Å²) in [6.45, 7) is 8.96. The molecule has 194 valence electrons. The number of hydrogen-bond acceptors (Lipinski definition) is 6. The summed E-state index contributed by atoms with van der Waals surface area (Å²) < 4.78 is 13.2. The molecule has 1 saturated heterocycles. The van der Waals surface area contributed by atoms with E-state index in [0.717, 1.165) is 42.0 Å². The first-order valence-electron chi connectivity index (χ1n) is 11.6. The van der Waals surface area contributed by atoms with Crippen LogP contribution in [0.5, 0.6) is 11.5 Å². The predicted octanol–water partition coefficient (Wildman–Crippen LogP) is 3.89. The van der Waals surface area contributed by atoms with Gasteiger partial charge < -0.3 is 24.4 Å². The second kappa shape index (κ2) is 12.3. The highest BCUT2D eigenvalue weighted by molar-refractivity contribution is 9.10. The zero-order valence-electron chi connectivity index (χ0n) is 19.9. The van der Waals surface area contributed by atoms with Gasteiger partial charge in [-0.1, -0.05) is 28.1 Å². The van der Waals surface area contributed by atoms with Gasteiger partial charge >= 0.3 is 0 Å². The summed E-state index contributed by atoms with van der Waals surface area (Å²) in [7, 11) is 3.91. The topological polar surface area (TPSA) is 48.4 Å². The summed E-state index contributed by atoms with van der Waals surface area (Å²) in [6.07, 6.45) is 6.56. The molecule has 1 fully saturated rings. The summed E-state index contributed by atoms with van der Waals surface area (Å²) >= 11 is 3.84.